The van der Waals surface area contributed by atoms with Gasteiger partial charge in [0.05, 0.1) is 11.3 Å². The Labute approximate surface area is 120 Å². The predicted molar refractivity (Wildman–Crippen MR) is 83.4 cm³/mol. The standard InChI is InChI=1S/C17H19N3/c1-13(7-8-14-5-3-2-4-6-14)20-17-10-9-16(19)11-15(17)12-18/h2-6,9-11,13,20H,7-8,19H2,1H3/t13-/m0/s1. The maximum atomic E-state index is 9.12. The number of anilines is 2. The number of hydrogen-bond acceptors (Lipinski definition) is 3. The van der Waals surface area contributed by atoms with Gasteiger partial charge < -0.3 is 11.1 Å². The average Bonchev–Trinajstić information content (AvgIpc) is 2.48. The zero-order chi connectivity index (χ0) is 14.4. The third-order valence-corrected chi connectivity index (χ3v) is 3.27. The third kappa shape index (κ3) is 3.76. The first-order valence-electron chi connectivity index (χ1n) is 6.79. The number of nitrogen functional groups attached to an aromatic ring is 1. The van der Waals surface area contributed by atoms with Crippen molar-refractivity contribution in [1.82, 2.24) is 0 Å². The second-order valence-electron chi connectivity index (χ2n) is 4.99. The lowest BCUT2D eigenvalue weighted by atomic mass is 10.1. The fourth-order valence-electron chi connectivity index (χ4n) is 2.15. The van der Waals surface area contributed by atoms with Crippen LogP contribution < -0.4 is 11.1 Å². The Kier molecular flexibility index (Phi) is 4.62. The molecule has 0 saturated heterocycles. The van der Waals surface area contributed by atoms with Crippen LogP contribution >= 0.6 is 0 Å². The van der Waals surface area contributed by atoms with Crippen LogP contribution in [0.4, 0.5) is 11.4 Å². The van der Waals surface area contributed by atoms with Gasteiger partial charge in [0, 0.05) is 11.7 Å². The van der Waals surface area contributed by atoms with Crippen molar-refractivity contribution in [2.24, 2.45) is 0 Å². The summed E-state index contributed by atoms with van der Waals surface area (Å²) in [5.74, 6) is 0. The van der Waals surface area contributed by atoms with Gasteiger partial charge in [0.15, 0.2) is 0 Å². The monoisotopic (exact) mass is 265 g/mol. The summed E-state index contributed by atoms with van der Waals surface area (Å²) in [6.07, 6.45) is 2.03. The molecule has 2 rings (SSSR count). The van der Waals surface area contributed by atoms with Gasteiger partial charge >= 0.3 is 0 Å². The lowest BCUT2D eigenvalue weighted by Crippen LogP contribution is -2.16. The molecular weight excluding hydrogens is 246 g/mol. The van der Waals surface area contributed by atoms with E-state index in [9.17, 15) is 0 Å². The summed E-state index contributed by atoms with van der Waals surface area (Å²) in [6.45, 7) is 2.13. The Morgan fingerprint density at radius 3 is 2.65 bits per heavy atom. The molecule has 3 heteroatoms. The lowest BCUT2D eigenvalue weighted by molar-refractivity contribution is 0.706. The van der Waals surface area contributed by atoms with Gasteiger partial charge in [0.1, 0.15) is 6.07 Å². The third-order valence-electron chi connectivity index (χ3n) is 3.27. The SMILES string of the molecule is C[C@@H](CCc1ccccc1)Nc1ccc(N)cc1C#N. The molecule has 3 nitrogen and oxygen atoms in total. The van der Waals surface area contributed by atoms with E-state index < -0.39 is 0 Å². The van der Waals surface area contributed by atoms with E-state index in [0.29, 0.717) is 17.3 Å². The summed E-state index contributed by atoms with van der Waals surface area (Å²) >= 11 is 0. The molecule has 0 aliphatic rings. The van der Waals surface area contributed by atoms with Crippen molar-refractivity contribution < 1.29 is 0 Å². The van der Waals surface area contributed by atoms with Crippen LogP contribution in [0.1, 0.15) is 24.5 Å². The van der Waals surface area contributed by atoms with Crippen LogP contribution in [-0.2, 0) is 6.42 Å². The normalized spacial score (nSPS) is 11.6. The van der Waals surface area contributed by atoms with E-state index in [-0.39, 0.29) is 0 Å². The van der Waals surface area contributed by atoms with Gasteiger partial charge in [0.2, 0.25) is 0 Å². The Morgan fingerprint density at radius 1 is 1.20 bits per heavy atom. The average molecular weight is 265 g/mol. The smallest absolute Gasteiger partial charge is 0.101 e. The van der Waals surface area contributed by atoms with Crippen molar-refractivity contribution in [1.29, 1.82) is 5.26 Å². The largest absolute Gasteiger partial charge is 0.399 e. The van der Waals surface area contributed by atoms with Crippen molar-refractivity contribution in [2.45, 2.75) is 25.8 Å². The molecule has 1 atom stereocenters. The van der Waals surface area contributed by atoms with E-state index in [0.717, 1.165) is 18.5 Å². The number of aryl methyl sites for hydroxylation is 1. The molecule has 0 fully saturated rings. The van der Waals surface area contributed by atoms with Gasteiger partial charge in [-0.3, -0.25) is 0 Å². The minimum Gasteiger partial charge on any atom is -0.399 e. The first kappa shape index (κ1) is 14.0. The number of nitriles is 1. The van der Waals surface area contributed by atoms with Crippen LogP contribution in [0.2, 0.25) is 0 Å². The maximum absolute atomic E-state index is 9.12. The number of benzene rings is 2. The first-order valence-corrected chi connectivity index (χ1v) is 6.79. The second-order valence-corrected chi connectivity index (χ2v) is 4.99. The molecule has 0 saturated carbocycles. The van der Waals surface area contributed by atoms with Gasteiger partial charge in [-0.25, -0.2) is 0 Å². The van der Waals surface area contributed by atoms with Gasteiger partial charge in [-0.15, -0.1) is 0 Å². The van der Waals surface area contributed by atoms with Gasteiger partial charge in [-0.1, -0.05) is 30.3 Å². The van der Waals surface area contributed by atoms with E-state index in [2.05, 4.69) is 42.6 Å². The molecule has 2 aromatic rings. The molecule has 0 spiro atoms. The Hall–Kier alpha value is -2.47. The molecule has 0 amide bonds. The fourth-order valence-corrected chi connectivity index (χ4v) is 2.15. The van der Waals surface area contributed by atoms with Gasteiger partial charge in [-0.05, 0) is 43.5 Å². The van der Waals surface area contributed by atoms with Gasteiger partial charge in [0.25, 0.3) is 0 Å². The highest BCUT2D eigenvalue weighted by atomic mass is 14.9. The highest BCUT2D eigenvalue weighted by Gasteiger charge is 2.07. The zero-order valence-corrected chi connectivity index (χ0v) is 11.6. The van der Waals surface area contributed by atoms with Gasteiger partial charge in [-0.2, -0.15) is 5.26 Å². The summed E-state index contributed by atoms with van der Waals surface area (Å²) in [5.41, 5.74) is 9.08. The fraction of sp³-hybridized carbons (Fsp3) is 0.235. The zero-order valence-electron chi connectivity index (χ0n) is 11.6. The van der Waals surface area contributed by atoms with Crippen molar-refractivity contribution in [3.05, 3.63) is 59.7 Å². The summed E-state index contributed by atoms with van der Waals surface area (Å²) < 4.78 is 0. The van der Waals surface area contributed by atoms with Crippen LogP contribution in [0.25, 0.3) is 0 Å². The number of nitrogens with zero attached hydrogens (tertiary/aromatic N) is 1. The minimum atomic E-state index is 0.297. The number of nitrogens with one attached hydrogen (secondary N) is 1. The summed E-state index contributed by atoms with van der Waals surface area (Å²) in [7, 11) is 0. The van der Waals surface area contributed by atoms with Crippen LogP contribution in [0, 0.1) is 11.3 Å². The van der Waals surface area contributed by atoms with Crippen molar-refractivity contribution >= 4 is 11.4 Å². The molecule has 3 N–H and O–H groups in total. The quantitative estimate of drug-likeness (QED) is 0.812. The Bertz CT molecular complexity index is 599. The molecular formula is C17H19N3. The van der Waals surface area contributed by atoms with E-state index in [1.165, 1.54) is 5.56 Å². The van der Waals surface area contributed by atoms with Crippen molar-refractivity contribution in [3.63, 3.8) is 0 Å². The van der Waals surface area contributed by atoms with E-state index in [1.54, 1.807) is 6.07 Å². The van der Waals surface area contributed by atoms with Crippen LogP contribution in [-0.4, -0.2) is 6.04 Å². The molecule has 0 heterocycles. The number of nitrogens with two attached hydrogens (primary N) is 1. The van der Waals surface area contributed by atoms with Crippen LogP contribution in [0.5, 0.6) is 0 Å². The highest BCUT2D eigenvalue weighted by Crippen LogP contribution is 2.19. The molecule has 2 aromatic carbocycles. The van der Waals surface area contributed by atoms with Crippen LogP contribution in [0.15, 0.2) is 48.5 Å². The summed E-state index contributed by atoms with van der Waals surface area (Å²) in [5, 5.41) is 12.5. The maximum Gasteiger partial charge on any atom is 0.101 e. The molecule has 0 bridgehead atoms. The number of rotatable bonds is 5. The first-order chi connectivity index (χ1) is 9.69. The van der Waals surface area contributed by atoms with E-state index in [4.69, 9.17) is 11.0 Å². The lowest BCUT2D eigenvalue weighted by Gasteiger charge is -2.16. The Balaban J connectivity index is 1.95. The molecule has 0 aliphatic carbocycles. The topological polar surface area (TPSA) is 61.8 Å². The molecule has 0 radical (unpaired) electrons. The molecule has 102 valence electrons. The van der Waals surface area contributed by atoms with E-state index in [1.807, 2.05) is 18.2 Å². The Morgan fingerprint density at radius 2 is 1.95 bits per heavy atom. The minimum absolute atomic E-state index is 0.297. The predicted octanol–water partition coefficient (Wildman–Crippen LogP) is 3.57. The molecule has 0 aliphatic heterocycles. The molecule has 0 aromatic heterocycles. The number of hydrogen-bond donors (Lipinski definition) is 2. The van der Waals surface area contributed by atoms with Crippen LogP contribution in [0.3, 0.4) is 0 Å². The van der Waals surface area contributed by atoms with E-state index >= 15 is 0 Å². The second kappa shape index (κ2) is 6.63. The molecule has 20 heavy (non-hydrogen) atoms. The van der Waals surface area contributed by atoms with Crippen molar-refractivity contribution in [3.8, 4) is 6.07 Å². The summed E-state index contributed by atoms with van der Waals surface area (Å²) in [6, 6.07) is 18.3. The van der Waals surface area contributed by atoms with Crippen molar-refractivity contribution in [2.75, 3.05) is 11.1 Å². The highest BCUT2D eigenvalue weighted by molar-refractivity contribution is 5.63. The molecule has 0 unspecified atom stereocenters. The summed E-state index contributed by atoms with van der Waals surface area (Å²) in [4.78, 5) is 0.